The number of carbonyl (C=O) groups is 1. The zero-order chi connectivity index (χ0) is 27.2. The molecular formula is C28H37F3N4O3. The first-order chi connectivity index (χ1) is 18.1. The van der Waals surface area contributed by atoms with Crippen LogP contribution in [0.15, 0.2) is 24.5 Å². The van der Waals surface area contributed by atoms with Crippen LogP contribution in [0.3, 0.4) is 0 Å². The van der Waals surface area contributed by atoms with E-state index in [1.54, 1.807) is 25.4 Å². The van der Waals surface area contributed by atoms with Crippen LogP contribution in [-0.4, -0.2) is 70.1 Å². The van der Waals surface area contributed by atoms with Crippen LogP contribution < -0.4 is 9.47 Å². The van der Waals surface area contributed by atoms with Crippen LogP contribution in [0.4, 0.5) is 13.2 Å². The molecule has 0 aromatic carbocycles. The molecule has 10 heteroatoms. The third-order valence-corrected chi connectivity index (χ3v) is 7.43. The summed E-state index contributed by atoms with van der Waals surface area (Å²) in [5.74, 6) is -1.38. The van der Waals surface area contributed by atoms with Gasteiger partial charge in [0.05, 0.1) is 12.4 Å². The molecule has 0 amide bonds. The standard InChI is InChI=1S/C28H37F3N4O3/c1-20-32-16-24(17-33-20)37-18-23(36)15-21-5-9-28(31,10-6-21)11-14-35-12-7-22-3-4-26(34-25(22)8-13-35)38-19-27(2,29)30/h3-4,16-17,21H,5-15,18-19H2,1-2H3. The van der Waals surface area contributed by atoms with Crippen molar-refractivity contribution in [3.05, 3.63) is 41.6 Å². The number of Topliss-reactive ketones (excluding diaryl/α,β-unsaturated/α-hetero) is 1. The van der Waals surface area contributed by atoms with Gasteiger partial charge in [-0.15, -0.1) is 0 Å². The molecule has 0 atom stereocenters. The van der Waals surface area contributed by atoms with Crippen molar-refractivity contribution in [2.75, 3.05) is 32.8 Å². The van der Waals surface area contributed by atoms with E-state index < -0.39 is 18.2 Å². The SMILES string of the molecule is Cc1ncc(OCC(=O)CC2CCC(F)(CCN3CCc4ccc(OCC(C)(F)F)nc4CC3)CC2)cn1. The van der Waals surface area contributed by atoms with E-state index in [0.717, 1.165) is 37.7 Å². The predicted molar refractivity (Wildman–Crippen MR) is 137 cm³/mol. The Morgan fingerprint density at radius 3 is 2.55 bits per heavy atom. The highest BCUT2D eigenvalue weighted by atomic mass is 19.3. The van der Waals surface area contributed by atoms with Gasteiger partial charge in [-0.05, 0) is 56.9 Å². The van der Waals surface area contributed by atoms with Gasteiger partial charge in [0.25, 0.3) is 5.92 Å². The number of fused-ring (bicyclic) bond motifs is 1. The Morgan fingerprint density at radius 1 is 1.13 bits per heavy atom. The Labute approximate surface area is 222 Å². The minimum Gasteiger partial charge on any atom is -0.483 e. The molecule has 3 heterocycles. The maximum Gasteiger partial charge on any atom is 0.278 e. The van der Waals surface area contributed by atoms with E-state index in [2.05, 4.69) is 19.9 Å². The number of hydrogen-bond acceptors (Lipinski definition) is 7. The first-order valence-corrected chi connectivity index (χ1v) is 13.4. The van der Waals surface area contributed by atoms with Crippen molar-refractivity contribution in [1.29, 1.82) is 0 Å². The van der Waals surface area contributed by atoms with Crippen LogP contribution in [0, 0.1) is 12.8 Å². The molecule has 0 saturated heterocycles. The van der Waals surface area contributed by atoms with Gasteiger partial charge in [-0.3, -0.25) is 4.79 Å². The van der Waals surface area contributed by atoms with E-state index in [-0.39, 0.29) is 24.2 Å². The number of aromatic nitrogens is 3. The Balaban J connectivity index is 1.17. The van der Waals surface area contributed by atoms with Gasteiger partial charge < -0.3 is 14.4 Å². The average Bonchev–Trinajstić information content (AvgIpc) is 3.09. The van der Waals surface area contributed by atoms with Crippen LogP contribution in [0.2, 0.25) is 0 Å². The molecule has 0 N–H and O–H groups in total. The summed E-state index contributed by atoms with van der Waals surface area (Å²) >= 11 is 0. The van der Waals surface area contributed by atoms with E-state index in [1.807, 2.05) is 6.07 Å². The first kappa shape index (κ1) is 28.3. The summed E-state index contributed by atoms with van der Waals surface area (Å²) in [6.45, 7) is 4.09. The van der Waals surface area contributed by atoms with Crippen molar-refractivity contribution in [3.8, 4) is 11.6 Å². The smallest absolute Gasteiger partial charge is 0.278 e. The average molecular weight is 535 g/mol. The summed E-state index contributed by atoms with van der Waals surface area (Å²) in [4.78, 5) is 27.2. The molecule has 0 spiro atoms. The minimum atomic E-state index is -2.91. The molecule has 2 aromatic heterocycles. The maximum atomic E-state index is 15.6. The topological polar surface area (TPSA) is 77.4 Å². The number of nitrogens with zero attached hydrogens (tertiary/aromatic N) is 4. The van der Waals surface area contributed by atoms with Gasteiger partial charge in [0.15, 0.2) is 18.1 Å². The van der Waals surface area contributed by atoms with E-state index in [0.29, 0.717) is 63.1 Å². The number of halogens is 3. The minimum absolute atomic E-state index is 0.0108. The second-order valence-corrected chi connectivity index (χ2v) is 10.8. The summed E-state index contributed by atoms with van der Waals surface area (Å²) in [7, 11) is 0. The van der Waals surface area contributed by atoms with E-state index >= 15 is 4.39 Å². The van der Waals surface area contributed by atoms with Crippen molar-refractivity contribution in [2.45, 2.75) is 76.8 Å². The Hall–Kier alpha value is -2.75. The van der Waals surface area contributed by atoms with Gasteiger partial charge >= 0.3 is 0 Å². The number of ether oxygens (including phenoxy) is 2. The van der Waals surface area contributed by atoms with E-state index in [1.165, 1.54) is 0 Å². The molecule has 1 saturated carbocycles. The molecule has 2 aliphatic rings. The second kappa shape index (κ2) is 12.4. The van der Waals surface area contributed by atoms with Gasteiger partial charge in [0, 0.05) is 51.2 Å². The highest BCUT2D eigenvalue weighted by Gasteiger charge is 2.36. The van der Waals surface area contributed by atoms with Crippen molar-refractivity contribution >= 4 is 5.78 Å². The van der Waals surface area contributed by atoms with Crippen LogP contribution in [0.1, 0.15) is 62.5 Å². The zero-order valence-electron chi connectivity index (χ0n) is 22.2. The third-order valence-electron chi connectivity index (χ3n) is 7.43. The largest absolute Gasteiger partial charge is 0.483 e. The van der Waals surface area contributed by atoms with Gasteiger partial charge in [-0.25, -0.2) is 28.1 Å². The molecule has 1 aliphatic carbocycles. The molecule has 7 nitrogen and oxygen atoms in total. The lowest BCUT2D eigenvalue weighted by Crippen LogP contribution is -2.36. The number of pyridine rings is 1. The summed E-state index contributed by atoms with van der Waals surface area (Å²) in [6.07, 6.45) is 7.77. The second-order valence-electron chi connectivity index (χ2n) is 10.8. The summed E-state index contributed by atoms with van der Waals surface area (Å²) < 4.78 is 52.4. The lowest BCUT2D eigenvalue weighted by atomic mass is 9.76. The van der Waals surface area contributed by atoms with Gasteiger partial charge in [0.1, 0.15) is 18.1 Å². The van der Waals surface area contributed by atoms with Crippen molar-refractivity contribution in [3.63, 3.8) is 0 Å². The Kier molecular flexibility index (Phi) is 9.23. The molecular weight excluding hydrogens is 497 g/mol. The van der Waals surface area contributed by atoms with E-state index in [9.17, 15) is 13.6 Å². The maximum absolute atomic E-state index is 15.6. The normalized spacial score (nSPS) is 22.4. The molecule has 1 fully saturated rings. The van der Waals surface area contributed by atoms with Crippen LogP contribution >= 0.6 is 0 Å². The number of carbonyl (C=O) groups excluding carboxylic acids is 1. The molecule has 38 heavy (non-hydrogen) atoms. The van der Waals surface area contributed by atoms with Gasteiger partial charge in [-0.2, -0.15) is 0 Å². The quantitative estimate of drug-likeness (QED) is 0.404. The molecule has 2 aromatic rings. The Morgan fingerprint density at radius 2 is 1.84 bits per heavy atom. The lowest BCUT2D eigenvalue weighted by Gasteiger charge is -2.35. The molecule has 0 radical (unpaired) electrons. The third kappa shape index (κ3) is 8.64. The number of hydrogen-bond donors (Lipinski definition) is 0. The van der Waals surface area contributed by atoms with Crippen LogP contribution in [-0.2, 0) is 17.6 Å². The molecule has 0 bridgehead atoms. The van der Waals surface area contributed by atoms with Crippen molar-refractivity contribution in [1.82, 2.24) is 19.9 Å². The molecule has 1 aliphatic heterocycles. The highest BCUT2D eigenvalue weighted by molar-refractivity contribution is 5.80. The zero-order valence-corrected chi connectivity index (χ0v) is 22.2. The van der Waals surface area contributed by atoms with Crippen LogP contribution in [0.25, 0.3) is 0 Å². The molecule has 0 unspecified atom stereocenters. The first-order valence-electron chi connectivity index (χ1n) is 13.4. The van der Waals surface area contributed by atoms with Crippen molar-refractivity contribution in [2.24, 2.45) is 5.92 Å². The molecule has 4 rings (SSSR count). The fourth-order valence-corrected chi connectivity index (χ4v) is 5.12. The number of alkyl halides is 3. The van der Waals surface area contributed by atoms with Crippen LogP contribution in [0.5, 0.6) is 11.6 Å². The highest BCUT2D eigenvalue weighted by Crippen LogP contribution is 2.39. The lowest BCUT2D eigenvalue weighted by molar-refractivity contribution is -0.122. The monoisotopic (exact) mass is 534 g/mol. The summed E-state index contributed by atoms with van der Waals surface area (Å²) in [5.41, 5.74) is 0.740. The summed E-state index contributed by atoms with van der Waals surface area (Å²) in [6, 6.07) is 3.54. The number of ketones is 1. The molecule has 208 valence electrons. The fraction of sp³-hybridized carbons (Fsp3) is 0.643. The fourth-order valence-electron chi connectivity index (χ4n) is 5.12. The van der Waals surface area contributed by atoms with Gasteiger partial charge in [0.2, 0.25) is 5.88 Å². The number of aryl methyl sites for hydroxylation is 1. The van der Waals surface area contributed by atoms with Gasteiger partial charge in [-0.1, -0.05) is 6.07 Å². The Bertz CT molecular complexity index is 1070. The predicted octanol–water partition coefficient (Wildman–Crippen LogP) is 4.94. The number of rotatable bonds is 11. The van der Waals surface area contributed by atoms with E-state index in [4.69, 9.17) is 9.47 Å². The van der Waals surface area contributed by atoms with Crippen molar-refractivity contribution < 1.29 is 27.4 Å². The summed E-state index contributed by atoms with van der Waals surface area (Å²) in [5, 5.41) is 0.